The van der Waals surface area contributed by atoms with Crippen LogP contribution < -0.4 is 10.5 Å². The van der Waals surface area contributed by atoms with E-state index in [9.17, 15) is 9.18 Å². The molecule has 6 rings (SSSR count). The number of rotatable bonds is 5. The van der Waals surface area contributed by atoms with Crippen molar-refractivity contribution in [1.29, 1.82) is 0 Å². The Morgan fingerprint density at radius 1 is 1.00 bits per heavy atom. The average Bonchev–Trinajstić information content (AvgIpc) is 3.40. The number of fused-ring (bicyclic) bond motifs is 1. The molecule has 9 heteroatoms. The Morgan fingerprint density at radius 2 is 1.78 bits per heavy atom. The van der Waals surface area contributed by atoms with Crippen molar-refractivity contribution in [3.05, 3.63) is 81.7 Å². The number of aryl methyl sites for hydroxylation is 1. The Morgan fingerprint density at radius 3 is 2.57 bits per heavy atom. The van der Waals surface area contributed by atoms with Crippen LogP contribution in [0.2, 0.25) is 0 Å². The van der Waals surface area contributed by atoms with Gasteiger partial charge in [-0.25, -0.2) is 9.07 Å². The Kier molecular flexibility index (Phi) is 6.46. The molecule has 0 amide bonds. The van der Waals surface area contributed by atoms with E-state index in [0.29, 0.717) is 43.3 Å². The number of para-hydroxylation sites is 1. The largest absolute Gasteiger partial charge is 0.367 e. The van der Waals surface area contributed by atoms with Gasteiger partial charge in [0.05, 0.1) is 11.7 Å². The lowest BCUT2D eigenvalue weighted by Gasteiger charge is -2.40. The molecule has 2 aliphatic rings. The molecule has 2 fully saturated rings. The summed E-state index contributed by atoms with van der Waals surface area (Å²) in [6, 6.07) is 14.8. The summed E-state index contributed by atoms with van der Waals surface area (Å²) in [6.07, 6.45) is 5.63. The van der Waals surface area contributed by atoms with Gasteiger partial charge in [-0.3, -0.25) is 9.69 Å². The lowest BCUT2D eigenvalue weighted by Crippen LogP contribution is -2.49. The minimum atomic E-state index is -0.394. The van der Waals surface area contributed by atoms with Crippen LogP contribution in [0.25, 0.3) is 10.9 Å². The lowest BCUT2D eigenvalue weighted by atomic mass is 9.95. The number of halogens is 1. The first kappa shape index (κ1) is 23.8. The number of aromatic nitrogens is 5. The number of pyridine rings is 1. The fourth-order valence-electron chi connectivity index (χ4n) is 5.93. The zero-order valence-corrected chi connectivity index (χ0v) is 21.1. The maximum atomic E-state index is 14.5. The molecule has 4 aromatic rings. The summed E-state index contributed by atoms with van der Waals surface area (Å²) in [4.78, 5) is 21.0. The van der Waals surface area contributed by atoms with Crippen molar-refractivity contribution >= 4 is 16.6 Å². The van der Waals surface area contributed by atoms with Gasteiger partial charge in [0.1, 0.15) is 11.9 Å². The summed E-state index contributed by atoms with van der Waals surface area (Å²) in [7, 11) is 0. The van der Waals surface area contributed by atoms with Crippen molar-refractivity contribution in [2.24, 2.45) is 0 Å². The van der Waals surface area contributed by atoms with Crippen molar-refractivity contribution in [3.63, 3.8) is 0 Å². The first-order valence-electron chi connectivity index (χ1n) is 13.2. The van der Waals surface area contributed by atoms with Gasteiger partial charge in [-0.1, -0.05) is 43.5 Å². The number of benzene rings is 2. The van der Waals surface area contributed by atoms with Gasteiger partial charge in [-0.15, -0.1) is 5.10 Å². The summed E-state index contributed by atoms with van der Waals surface area (Å²) < 4.78 is 16.4. The van der Waals surface area contributed by atoms with Crippen molar-refractivity contribution < 1.29 is 4.39 Å². The van der Waals surface area contributed by atoms with Gasteiger partial charge < -0.3 is 9.88 Å². The molecule has 1 saturated carbocycles. The van der Waals surface area contributed by atoms with Crippen molar-refractivity contribution in [2.45, 2.75) is 51.1 Å². The molecule has 3 heterocycles. The molecular formula is C28H32FN7O. The third-order valence-electron chi connectivity index (χ3n) is 7.88. The van der Waals surface area contributed by atoms with Crippen LogP contribution in [0.15, 0.2) is 53.3 Å². The van der Waals surface area contributed by atoms with E-state index in [1.807, 2.05) is 41.9 Å². The predicted octanol–water partition coefficient (Wildman–Crippen LogP) is 4.38. The van der Waals surface area contributed by atoms with Gasteiger partial charge in [-0.05, 0) is 65.4 Å². The number of hydrogen-bond donors (Lipinski definition) is 1. The standard InChI is InChI=1S/C28H32FN7O/c1-19-11-12-20-18-22(28(37)30-24(20)17-19)26(27-31-32-33-36(27)21-7-3-2-4-8-21)35-15-13-34(14-16-35)25-10-6-5-9-23(25)29/h5-6,9-12,17-18,21,26H,2-4,7-8,13-16H2,1H3,(H,30,37)/t26-/m1/s1. The molecule has 2 aromatic heterocycles. The van der Waals surface area contributed by atoms with Crippen molar-refractivity contribution in [1.82, 2.24) is 30.1 Å². The molecule has 1 aliphatic heterocycles. The number of aromatic amines is 1. The topological polar surface area (TPSA) is 82.9 Å². The summed E-state index contributed by atoms with van der Waals surface area (Å²) in [5.74, 6) is 0.498. The number of hydrogen-bond acceptors (Lipinski definition) is 6. The van der Waals surface area contributed by atoms with Crippen molar-refractivity contribution in [2.75, 3.05) is 31.1 Å². The summed E-state index contributed by atoms with van der Waals surface area (Å²) in [6.45, 7) is 4.62. The number of anilines is 1. The molecule has 1 saturated heterocycles. The smallest absolute Gasteiger partial charge is 0.253 e. The third kappa shape index (κ3) is 4.64. The van der Waals surface area contributed by atoms with E-state index in [4.69, 9.17) is 0 Å². The highest BCUT2D eigenvalue weighted by Crippen LogP contribution is 2.34. The summed E-state index contributed by atoms with van der Waals surface area (Å²) >= 11 is 0. The Hall–Kier alpha value is -3.59. The molecular weight excluding hydrogens is 469 g/mol. The second-order valence-electron chi connectivity index (χ2n) is 10.3. The maximum absolute atomic E-state index is 14.5. The van der Waals surface area contributed by atoms with E-state index < -0.39 is 6.04 Å². The highest BCUT2D eigenvalue weighted by molar-refractivity contribution is 5.79. The fraction of sp³-hybridized carbons (Fsp3) is 0.429. The second kappa shape index (κ2) is 10.0. The van der Waals surface area contributed by atoms with Gasteiger partial charge in [0.25, 0.3) is 5.56 Å². The molecule has 192 valence electrons. The zero-order valence-electron chi connectivity index (χ0n) is 21.1. The van der Waals surface area contributed by atoms with Crippen LogP contribution in [0, 0.1) is 12.7 Å². The SMILES string of the molecule is Cc1ccc2cc([C@H](c3nnnn3C3CCCCC3)N3CCN(c4ccccc4F)CC3)c(=O)[nH]c2c1. The maximum Gasteiger partial charge on any atom is 0.253 e. The van der Waals surface area contributed by atoms with Crippen LogP contribution in [0.5, 0.6) is 0 Å². The predicted molar refractivity (Wildman–Crippen MR) is 141 cm³/mol. The summed E-state index contributed by atoms with van der Waals surface area (Å²) in [5, 5.41) is 14.0. The van der Waals surface area contributed by atoms with Gasteiger partial charge in [0.15, 0.2) is 5.82 Å². The van der Waals surface area contributed by atoms with Crippen LogP contribution in [0.3, 0.4) is 0 Å². The van der Waals surface area contributed by atoms with Gasteiger partial charge >= 0.3 is 0 Å². The first-order valence-corrected chi connectivity index (χ1v) is 13.2. The van der Waals surface area contributed by atoms with E-state index in [2.05, 4.69) is 36.4 Å². The molecule has 1 atom stereocenters. The Labute approximate surface area is 215 Å². The summed E-state index contributed by atoms with van der Waals surface area (Å²) in [5.41, 5.74) is 3.05. The molecule has 37 heavy (non-hydrogen) atoms. The molecule has 0 spiro atoms. The molecule has 0 radical (unpaired) electrons. The molecule has 1 aliphatic carbocycles. The highest BCUT2D eigenvalue weighted by atomic mass is 19.1. The van der Waals surface area contributed by atoms with E-state index >= 15 is 0 Å². The molecule has 1 N–H and O–H groups in total. The molecule has 0 bridgehead atoms. The average molecular weight is 502 g/mol. The van der Waals surface area contributed by atoms with Gasteiger partial charge in [-0.2, -0.15) is 0 Å². The number of piperazine rings is 1. The minimum absolute atomic E-state index is 0.127. The Bertz CT molecular complexity index is 1450. The fourth-order valence-corrected chi connectivity index (χ4v) is 5.93. The number of H-pyrrole nitrogens is 1. The monoisotopic (exact) mass is 501 g/mol. The lowest BCUT2D eigenvalue weighted by molar-refractivity contribution is 0.192. The van der Waals surface area contributed by atoms with E-state index in [1.54, 1.807) is 6.07 Å². The van der Waals surface area contributed by atoms with E-state index in [1.165, 1.54) is 12.5 Å². The number of tetrazole rings is 1. The van der Waals surface area contributed by atoms with Gasteiger partial charge in [0.2, 0.25) is 0 Å². The van der Waals surface area contributed by atoms with Crippen LogP contribution in [0.1, 0.15) is 61.1 Å². The van der Waals surface area contributed by atoms with Crippen LogP contribution in [0.4, 0.5) is 10.1 Å². The number of nitrogens with one attached hydrogen (secondary N) is 1. The van der Waals surface area contributed by atoms with E-state index in [0.717, 1.165) is 42.1 Å². The third-order valence-corrected chi connectivity index (χ3v) is 7.88. The van der Waals surface area contributed by atoms with Crippen molar-refractivity contribution in [3.8, 4) is 0 Å². The van der Waals surface area contributed by atoms with E-state index in [-0.39, 0.29) is 17.4 Å². The molecule has 8 nitrogen and oxygen atoms in total. The minimum Gasteiger partial charge on any atom is -0.367 e. The number of nitrogens with zero attached hydrogens (tertiary/aromatic N) is 6. The second-order valence-corrected chi connectivity index (χ2v) is 10.3. The van der Waals surface area contributed by atoms with Crippen LogP contribution >= 0.6 is 0 Å². The quantitative estimate of drug-likeness (QED) is 0.437. The highest BCUT2D eigenvalue weighted by Gasteiger charge is 2.34. The Balaban J connectivity index is 1.39. The first-order chi connectivity index (χ1) is 18.1. The van der Waals surface area contributed by atoms with Crippen LogP contribution in [-0.2, 0) is 0 Å². The van der Waals surface area contributed by atoms with Gasteiger partial charge in [0, 0.05) is 37.3 Å². The van der Waals surface area contributed by atoms with Crippen LogP contribution in [-0.4, -0.2) is 56.3 Å². The zero-order chi connectivity index (χ0) is 25.4. The molecule has 2 aromatic carbocycles. The normalized spacial score (nSPS) is 18.4. The molecule has 0 unspecified atom stereocenters.